The smallest absolute Gasteiger partial charge is 0.251 e. The van der Waals surface area contributed by atoms with Crippen molar-refractivity contribution >= 4 is 26.0 Å². The molecule has 0 bridgehead atoms. The SMILES string of the molecule is COc1ccc(C(=O)NC2CCCN(S(C)(=O)=O)C2)cc1S(=O)(=O)N1CCCC1. The highest BCUT2D eigenvalue weighted by atomic mass is 32.2. The molecule has 0 aliphatic carbocycles. The summed E-state index contributed by atoms with van der Waals surface area (Å²) in [6.45, 7) is 1.54. The molecule has 1 unspecified atom stereocenters. The molecule has 1 aromatic rings. The molecule has 1 aromatic carbocycles. The van der Waals surface area contributed by atoms with Gasteiger partial charge in [0.15, 0.2) is 0 Å². The van der Waals surface area contributed by atoms with Gasteiger partial charge in [0.2, 0.25) is 20.0 Å². The Hall–Kier alpha value is -1.69. The number of ether oxygens (including phenoxy) is 1. The Labute approximate surface area is 172 Å². The molecule has 3 rings (SSSR count). The summed E-state index contributed by atoms with van der Waals surface area (Å²) in [6.07, 6.45) is 4.07. The van der Waals surface area contributed by atoms with E-state index in [1.165, 1.54) is 33.9 Å². The van der Waals surface area contributed by atoms with Crippen LogP contribution in [0.25, 0.3) is 0 Å². The lowest BCUT2D eigenvalue weighted by Crippen LogP contribution is -2.49. The highest BCUT2D eigenvalue weighted by Crippen LogP contribution is 2.30. The number of amides is 1. The number of sulfonamides is 2. The van der Waals surface area contributed by atoms with E-state index in [0.717, 1.165) is 19.1 Å². The van der Waals surface area contributed by atoms with Crippen molar-refractivity contribution in [3.8, 4) is 5.75 Å². The van der Waals surface area contributed by atoms with E-state index in [1.54, 1.807) is 0 Å². The maximum Gasteiger partial charge on any atom is 0.251 e. The average Bonchev–Trinajstić information content (AvgIpc) is 3.22. The summed E-state index contributed by atoms with van der Waals surface area (Å²) >= 11 is 0. The highest BCUT2D eigenvalue weighted by molar-refractivity contribution is 7.89. The third kappa shape index (κ3) is 4.90. The molecule has 11 heteroatoms. The minimum atomic E-state index is -3.76. The number of rotatable bonds is 6. The number of methoxy groups -OCH3 is 1. The Balaban J connectivity index is 1.81. The summed E-state index contributed by atoms with van der Waals surface area (Å²) in [6, 6.07) is 3.99. The molecule has 2 saturated heterocycles. The lowest BCUT2D eigenvalue weighted by molar-refractivity contribution is 0.0921. The van der Waals surface area contributed by atoms with Crippen LogP contribution >= 0.6 is 0 Å². The van der Waals surface area contributed by atoms with Crippen molar-refractivity contribution in [1.82, 2.24) is 13.9 Å². The van der Waals surface area contributed by atoms with Gasteiger partial charge in [0.05, 0.1) is 13.4 Å². The number of piperidine rings is 1. The standard InChI is InChI=1S/C18H27N3O6S2/c1-27-16-8-7-14(12-17(16)29(25,26)20-9-3-4-10-20)18(22)19-15-6-5-11-21(13-15)28(2,23)24/h7-8,12,15H,3-6,9-11,13H2,1-2H3,(H,19,22). The lowest BCUT2D eigenvalue weighted by atomic mass is 10.1. The van der Waals surface area contributed by atoms with Crippen LogP contribution in [0.2, 0.25) is 0 Å². The van der Waals surface area contributed by atoms with Crippen molar-refractivity contribution in [1.29, 1.82) is 0 Å². The Bertz CT molecular complexity index is 971. The van der Waals surface area contributed by atoms with Gasteiger partial charge in [-0.05, 0) is 43.9 Å². The fourth-order valence-electron chi connectivity index (χ4n) is 3.72. The minimum absolute atomic E-state index is 0.0315. The van der Waals surface area contributed by atoms with Crippen LogP contribution < -0.4 is 10.1 Å². The number of hydrogen-bond donors (Lipinski definition) is 1. The van der Waals surface area contributed by atoms with Gasteiger partial charge in [-0.2, -0.15) is 4.31 Å². The van der Waals surface area contributed by atoms with Crippen LogP contribution in [-0.2, 0) is 20.0 Å². The third-order valence-corrected chi connectivity index (χ3v) is 8.49. The number of hydrogen-bond acceptors (Lipinski definition) is 6. The van der Waals surface area contributed by atoms with Gasteiger partial charge in [-0.15, -0.1) is 0 Å². The van der Waals surface area contributed by atoms with E-state index >= 15 is 0 Å². The molecule has 1 atom stereocenters. The van der Waals surface area contributed by atoms with E-state index < -0.39 is 26.0 Å². The fraction of sp³-hybridized carbons (Fsp3) is 0.611. The zero-order chi connectivity index (χ0) is 21.2. The molecule has 2 aliphatic heterocycles. The molecule has 29 heavy (non-hydrogen) atoms. The van der Waals surface area contributed by atoms with E-state index in [0.29, 0.717) is 32.5 Å². The van der Waals surface area contributed by atoms with Crippen molar-refractivity contribution < 1.29 is 26.4 Å². The summed E-state index contributed by atoms with van der Waals surface area (Å²) in [5, 5.41) is 2.83. The number of benzene rings is 1. The van der Waals surface area contributed by atoms with Crippen LogP contribution in [0.3, 0.4) is 0 Å². The zero-order valence-electron chi connectivity index (χ0n) is 16.6. The molecule has 2 aliphatic rings. The maximum atomic E-state index is 13.0. The first-order chi connectivity index (χ1) is 13.6. The lowest BCUT2D eigenvalue weighted by Gasteiger charge is -2.31. The van der Waals surface area contributed by atoms with E-state index in [9.17, 15) is 21.6 Å². The van der Waals surface area contributed by atoms with E-state index in [-0.39, 0.29) is 28.8 Å². The molecule has 0 saturated carbocycles. The number of carbonyl (C=O) groups excluding carboxylic acids is 1. The van der Waals surface area contributed by atoms with Crippen LogP contribution in [0.15, 0.2) is 23.1 Å². The van der Waals surface area contributed by atoms with Gasteiger partial charge in [0.25, 0.3) is 5.91 Å². The quantitative estimate of drug-likeness (QED) is 0.687. The molecule has 1 N–H and O–H groups in total. The van der Waals surface area contributed by atoms with Crippen LogP contribution in [0.5, 0.6) is 5.75 Å². The normalized spacial score (nSPS) is 21.8. The predicted molar refractivity (Wildman–Crippen MR) is 108 cm³/mol. The van der Waals surface area contributed by atoms with Gasteiger partial charge >= 0.3 is 0 Å². The van der Waals surface area contributed by atoms with E-state index in [4.69, 9.17) is 4.74 Å². The average molecular weight is 446 g/mol. The van der Waals surface area contributed by atoms with Crippen molar-refractivity contribution in [3.63, 3.8) is 0 Å². The minimum Gasteiger partial charge on any atom is -0.495 e. The van der Waals surface area contributed by atoms with E-state index in [2.05, 4.69) is 5.32 Å². The second-order valence-electron chi connectivity index (χ2n) is 7.41. The van der Waals surface area contributed by atoms with Gasteiger partial charge in [-0.3, -0.25) is 4.79 Å². The molecule has 162 valence electrons. The summed E-state index contributed by atoms with van der Waals surface area (Å²) < 4.78 is 57.4. The Morgan fingerprint density at radius 1 is 1.07 bits per heavy atom. The molecule has 0 radical (unpaired) electrons. The first-order valence-electron chi connectivity index (χ1n) is 9.57. The third-order valence-electron chi connectivity index (χ3n) is 5.30. The molecule has 0 spiro atoms. The van der Waals surface area contributed by atoms with E-state index in [1.807, 2.05) is 0 Å². The van der Waals surface area contributed by atoms with Crippen LogP contribution in [0.4, 0.5) is 0 Å². The Morgan fingerprint density at radius 3 is 2.34 bits per heavy atom. The fourth-order valence-corrected chi connectivity index (χ4v) is 6.33. The second-order valence-corrected chi connectivity index (χ2v) is 11.3. The summed E-state index contributed by atoms with van der Waals surface area (Å²) in [5.74, 6) is -0.250. The monoisotopic (exact) mass is 445 g/mol. The van der Waals surface area contributed by atoms with Gasteiger partial charge < -0.3 is 10.1 Å². The van der Waals surface area contributed by atoms with Crippen LogP contribution in [-0.4, -0.2) is 76.9 Å². The van der Waals surface area contributed by atoms with Gasteiger partial charge in [0, 0.05) is 37.8 Å². The number of carbonyl (C=O) groups is 1. The van der Waals surface area contributed by atoms with Crippen molar-refractivity contribution in [2.24, 2.45) is 0 Å². The first-order valence-corrected chi connectivity index (χ1v) is 12.9. The topological polar surface area (TPSA) is 113 Å². The summed E-state index contributed by atoms with van der Waals surface area (Å²) in [7, 11) is -5.69. The van der Waals surface area contributed by atoms with Crippen molar-refractivity contribution in [3.05, 3.63) is 23.8 Å². The maximum absolute atomic E-state index is 13.0. The largest absolute Gasteiger partial charge is 0.495 e. The molecule has 2 heterocycles. The first kappa shape index (κ1) is 22.0. The zero-order valence-corrected chi connectivity index (χ0v) is 18.3. The van der Waals surface area contributed by atoms with Gasteiger partial charge in [-0.25, -0.2) is 21.1 Å². The van der Waals surface area contributed by atoms with Crippen LogP contribution in [0, 0.1) is 0 Å². The molecule has 0 aromatic heterocycles. The van der Waals surface area contributed by atoms with Gasteiger partial charge in [-0.1, -0.05) is 0 Å². The Kier molecular flexibility index (Phi) is 6.51. The predicted octanol–water partition coefficient (Wildman–Crippen LogP) is 0.634. The van der Waals surface area contributed by atoms with Crippen molar-refractivity contribution in [2.45, 2.75) is 36.6 Å². The highest BCUT2D eigenvalue weighted by Gasteiger charge is 2.31. The number of nitrogens with one attached hydrogen (secondary N) is 1. The summed E-state index contributed by atoms with van der Waals surface area (Å²) in [4.78, 5) is 12.7. The number of nitrogens with zero attached hydrogens (tertiary/aromatic N) is 2. The molecule has 9 nitrogen and oxygen atoms in total. The van der Waals surface area contributed by atoms with Gasteiger partial charge in [0.1, 0.15) is 10.6 Å². The Morgan fingerprint density at radius 2 is 1.72 bits per heavy atom. The molecular formula is C18H27N3O6S2. The molecule has 2 fully saturated rings. The molecular weight excluding hydrogens is 418 g/mol. The second kappa shape index (κ2) is 8.58. The van der Waals surface area contributed by atoms with Crippen LogP contribution in [0.1, 0.15) is 36.0 Å². The molecule has 1 amide bonds. The summed E-state index contributed by atoms with van der Waals surface area (Å²) in [5.41, 5.74) is 0.194. The van der Waals surface area contributed by atoms with Crippen molar-refractivity contribution in [2.75, 3.05) is 39.5 Å².